The molecule has 4 rings (SSSR count). The number of nitrogens with one attached hydrogen (secondary N) is 1. The Hall–Kier alpha value is -3.35. The summed E-state index contributed by atoms with van der Waals surface area (Å²) in [6.45, 7) is 0. The van der Waals surface area contributed by atoms with Gasteiger partial charge in [-0.3, -0.25) is 9.36 Å². The van der Waals surface area contributed by atoms with Gasteiger partial charge in [0.25, 0.3) is 0 Å². The van der Waals surface area contributed by atoms with E-state index in [9.17, 15) is 9.18 Å². The van der Waals surface area contributed by atoms with E-state index in [1.807, 2.05) is 12.1 Å². The van der Waals surface area contributed by atoms with Gasteiger partial charge in [-0.15, -0.1) is 0 Å². The van der Waals surface area contributed by atoms with Gasteiger partial charge in [-0.1, -0.05) is 12.1 Å². The van der Waals surface area contributed by atoms with Crippen molar-refractivity contribution in [2.24, 2.45) is 0 Å². The lowest BCUT2D eigenvalue weighted by atomic mass is 9.90. The summed E-state index contributed by atoms with van der Waals surface area (Å²) < 4.78 is 26.1. The van der Waals surface area contributed by atoms with Gasteiger partial charge < -0.3 is 14.8 Å². The van der Waals surface area contributed by atoms with E-state index in [0.29, 0.717) is 28.7 Å². The van der Waals surface area contributed by atoms with E-state index in [1.54, 1.807) is 43.3 Å². The van der Waals surface area contributed by atoms with Crippen molar-refractivity contribution in [2.75, 3.05) is 19.5 Å². The second-order valence-corrected chi connectivity index (χ2v) is 6.25. The zero-order chi connectivity index (χ0) is 19.0. The maximum Gasteiger partial charge on any atom is 0.226 e. The van der Waals surface area contributed by atoms with Crippen molar-refractivity contribution in [2.45, 2.75) is 12.3 Å². The Bertz CT molecular complexity index is 1020. The average molecular weight is 367 g/mol. The number of hydrogen-bond donors (Lipinski definition) is 1. The largest absolute Gasteiger partial charge is 0.497 e. The fraction of sp³-hybridized carbons (Fsp3) is 0.200. The fourth-order valence-electron chi connectivity index (χ4n) is 3.37. The standard InChI is InChI=1S/C20H18FN3O3/c1-26-14-6-7-16(17(9-14)27-2)24-11-22-19-15(10-18(25)23-20(19)24)12-4-3-5-13(21)8-12/h3-9,11,15H,10H2,1-2H3,(H,23,25). The molecule has 0 bridgehead atoms. The molecule has 6 nitrogen and oxygen atoms in total. The number of carbonyl (C=O) groups excluding carboxylic acids is 1. The zero-order valence-electron chi connectivity index (χ0n) is 14.9. The number of nitrogens with zero attached hydrogens (tertiary/aromatic N) is 2. The Morgan fingerprint density at radius 1 is 1.19 bits per heavy atom. The molecule has 0 aliphatic carbocycles. The molecule has 0 saturated carbocycles. The van der Waals surface area contributed by atoms with Gasteiger partial charge in [-0.05, 0) is 29.8 Å². The minimum Gasteiger partial charge on any atom is -0.497 e. The van der Waals surface area contributed by atoms with Crippen molar-refractivity contribution < 1.29 is 18.7 Å². The van der Waals surface area contributed by atoms with E-state index in [4.69, 9.17) is 9.47 Å². The van der Waals surface area contributed by atoms with Gasteiger partial charge in [-0.2, -0.15) is 0 Å². The van der Waals surface area contributed by atoms with E-state index in [2.05, 4.69) is 10.3 Å². The van der Waals surface area contributed by atoms with Crippen LogP contribution in [0.5, 0.6) is 11.5 Å². The normalized spacial score (nSPS) is 15.8. The molecule has 1 aliphatic rings. The minimum atomic E-state index is -0.337. The summed E-state index contributed by atoms with van der Waals surface area (Å²) in [5.74, 6) is 1.00. The van der Waals surface area contributed by atoms with Gasteiger partial charge >= 0.3 is 0 Å². The molecule has 0 saturated heterocycles. The van der Waals surface area contributed by atoms with Crippen LogP contribution in [0.25, 0.3) is 5.69 Å². The molecule has 1 aromatic heterocycles. The van der Waals surface area contributed by atoms with Crippen molar-refractivity contribution in [3.63, 3.8) is 0 Å². The first-order chi connectivity index (χ1) is 13.1. The minimum absolute atomic E-state index is 0.147. The number of anilines is 1. The molecule has 1 N–H and O–H groups in total. The van der Waals surface area contributed by atoms with Gasteiger partial charge in [0.05, 0.1) is 25.6 Å². The van der Waals surface area contributed by atoms with E-state index in [1.165, 1.54) is 12.1 Å². The van der Waals surface area contributed by atoms with Crippen LogP contribution in [0.4, 0.5) is 10.2 Å². The molecule has 7 heteroatoms. The summed E-state index contributed by atoms with van der Waals surface area (Å²) in [6.07, 6.45) is 1.85. The summed E-state index contributed by atoms with van der Waals surface area (Å²) in [5, 5.41) is 2.88. The van der Waals surface area contributed by atoms with Crippen LogP contribution in [0.2, 0.25) is 0 Å². The predicted octanol–water partition coefficient (Wildman–Crippen LogP) is 3.50. The van der Waals surface area contributed by atoms with E-state index >= 15 is 0 Å². The Morgan fingerprint density at radius 2 is 2.04 bits per heavy atom. The molecule has 138 valence electrons. The lowest BCUT2D eigenvalue weighted by Crippen LogP contribution is -2.25. The molecule has 3 aromatic rings. The van der Waals surface area contributed by atoms with Gasteiger partial charge in [0.1, 0.15) is 29.5 Å². The summed E-state index contributed by atoms with van der Waals surface area (Å²) in [5.41, 5.74) is 2.13. The molecule has 0 radical (unpaired) electrons. The summed E-state index contributed by atoms with van der Waals surface area (Å²) in [6, 6.07) is 11.7. The van der Waals surface area contributed by atoms with Crippen molar-refractivity contribution in [1.82, 2.24) is 9.55 Å². The van der Waals surface area contributed by atoms with Crippen LogP contribution >= 0.6 is 0 Å². The first-order valence-corrected chi connectivity index (χ1v) is 8.45. The lowest BCUT2D eigenvalue weighted by molar-refractivity contribution is -0.116. The quantitative estimate of drug-likeness (QED) is 0.766. The monoisotopic (exact) mass is 367 g/mol. The maximum absolute atomic E-state index is 13.7. The van der Waals surface area contributed by atoms with Crippen molar-refractivity contribution in [1.29, 1.82) is 0 Å². The molecule has 1 atom stereocenters. The van der Waals surface area contributed by atoms with Crippen LogP contribution in [-0.2, 0) is 4.79 Å². The fourth-order valence-corrected chi connectivity index (χ4v) is 3.37. The molecule has 0 fully saturated rings. The van der Waals surface area contributed by atoms with Crippen LogP contribution < -0.4 is 14.8 Å². The lowest BCUT2D eigenvalue weighted by Gasteiger charge is -2.23. The highest BCUT2D eigenvalue weighted by molar-refractivity contribution is 5.94. The third-order valence-electron chi connectivity index (χ3n) is 4.67. The predicted molar refractivity (Wildman–Crippen MR) is 98.2 cm³/mol. The molecule has 1 aliphatic heterocycles. The number of amides is 1. The van der Waals surface area contributed by atoms with Crippen LogP contribution in [0.3, 0.4) is 0 Å². The molecule has 0 spiro atoms. The highest BCUT2D eigenvalue weighted by Crippen LogP contribution is 2.39. The van der Waals surface area contributed by atoms with Gasteiger partial charge in [-0.25, -0.2) is 9.37 Å². The average Bonchev–Trinajstić information content (AvgIpc) is 3.10. The Labute approximate surface area is 155 Å². The van der Waals surface area contributed by atoms with Gasteiger partial charge in [0.2, 0.25) is 5.91 Å². The smallest absolute Gasteiger partial charge is 0.226 e. The van der Waals surface area contributed by atoms with Crippen molar-refractivity contribution in [3.8, 4) is 17.2 Å². The van der Waals surface area contributed by atoms with Gasteiger partial charge in [0.15, 0.2) is 0 Å². The van der Waals surface area contributed by atoms with Crippen molar-refractivity contribution >= 4 is 11.7 Å². The second-order valence-electron chi connectivity index (χ2n) is 6.25. The maximum atomic E-state index is 13.7. The number of hydrogen-bond acceptors (Lipinski definition) is 4. The number of imidazole rings is 1. The topological polar surface area (TPSA) is 65.4 Å². The number of aromatic nitrogens is 2. The number of benzene rings is 2. The molecular weight excluding hydrogens is 349 g/mol. The van der Waals surface area contributed by atoms with Crippen LogP contribution in [0, 0.1) is 5.82 Å². The third-order valence-corrected chi connectivity index (χ3v) is 4.67. The van der Waals surface area contributed by atoms with Crippen LogP contribution in [0.15, 0.2) is 48.8 Å². The van der Waals surface area contributed by atoms with Crippen LogP contribution in [-0.4, -0.2) is 29.7 Å². The molecule has 1 amide bonds. The number of rotatable bonds is 4. The van der Waals surface area contributed by atoms with Crippen molar-refractivity contribution in [3.05, 3.63) is 65.9 Å². The number of methoxy groups -OCH3 is 2. The molecule has 27 heavy (non-hydrogen) atoms. The summed E-state index contributed by atoms with van der Waals surface area (Å²) in [4.78, 5) is 16.8. The van der Waals surface area contributed by atoms with E-state index in [-0.39, 0.29) is 24.1 Å². The highest BCUT2D eigenvalue weighted by Gasteiger charge is 2.31. The highest BCUT2D eigenvalue weighted by atomic mass is 19.1. The number of ether oxygens (including phenoxy) is 2. The Balaban J connectivity index is 1.83. The Morgan fingerprint density at radius 3 is 2.78 bits per heavy atom. The number of carbonyl (C=O) groups is 1. The number of halogens is 1. The third kappa shape index (κ3) is 3.01. The molecular formula is C20H18FN3O3. The molecule has 1 unspecified atom stereocenters. The summed E-state index contributed by atoms with van der Waals surface area (Å²) >= 11 is 0. The second kappa shape index (κ2) is 6.75. The first kappa shape index (κ1) is 17.1. The van der Waals surface area contributed by atoms with Gasteiger partial charge in [0, 0.05) is 18.4 Å². The van der Waals surface area contributed by atoms with E-state index in [0.717, 1.165) is 5.56 Å². The summed E-state index contributed by atoms with van der Waals surface area (Å²) in [7, 11) is 3.15. The molecule has 2 aromatic carbocycles. The van der Waals surface area contributed by atoms with E-state index < -0.39 is 0 Å². The molecule has 2 heterocycles. The SMILES string of the molecule is COc1ccc(-n2cnc3c2NC(=O)CC3c2cccc(F)c2)c(OC)c1. The van der Waals surface area contributed by atoms with Crippen LogP contribution in [0.1, 0.15) is 23.6 Å². The first-order valence-electron chi connectivity index (χ1n) is 8.45. The number of fused-ring (bicyclic) bond motifs is 1. The Kier molecular flexibility index (Phi) is 4.27. The zero-order valence-corrected chi connectivity index (χ0v) is 14.9.